The Bertz CT molecular complexity index is 473. The van der Waals surface area contributed by atoms with Gasteiger partial charge in [0.05, 0.1) is 23.8 Å². The van der Waals surface area contributed by atoms with Gasteiger partial charge in [-0.05, 0) is 30.9 Å². The van der Waals surface area contributed by atoms with Gasteiger partial charge in [0, 0.05) is 12.5 Å². The van der Waals surface area contributed by atoms with Crippen molar-refractivity contribution in [3.8, 4) is 0 Å². The molecule has 4 nitrogen and oxygen atoms in total. The second-order valence-electron chi connectivity index (χ2n) is 5.08. The highest BCUT2D eigenvalue weighted by Crippen LogP contribution is 2.30. The summed E-state index contributed by atoms with van der Waals surface area (Å²) in [5.74, 6) is 0.960. The van der Waals surface area contributed by atoms with Crippen molar-refractivity contribution in [1.29, 1.82) is 0 Å². The van der Waals surface area contributed by atoms with E-state index in [0.29, 0.717) is 18.3 Å². The number of fused-ring (bicyclic) bond motifs is 1. The van der Waals surface area contributed by atoms with Crippen LogP contribution in [0.15, 0.2) is 6.07 Å². The number of hydrogen-bond acceptors (Lipinski definition) is 3. The third-order valence-corrected chi connectivity index (χ3v) is 4.18. The van der Waals surface area contributed by atoms with Gasteiger partial charge < -0.3 is 4.90 Å². The molecule has 3 rings (SSSR count). The molecule has 0 bridgehead atoms. The summed E-state index contributed by atoms with van der Waals surface area (Å²) in [4.78, 5) is 14.1. The molecule has 2 aliphatic rings. The number of rotatable bonds is 2. The van der Waals surface area contributed by atoms with E-state index >= 15 is 0 Å². The van der Waals surface area contributed by atoms with E-state index in [4.69, 9.17) is 11.6 Å². The summed E-state index contributed by atoms with van der Waals surface area (Å²) in [5, 5.41) is 8.26. The van der Waals surface area contributed by atoms with E-state index < -0.39 is 0 Å². The molecule has 0 N–H and O–H groups in total. The second kappa shape index (κ2) is 4.84. The molecule has 1 aliphatic carbocycles. The maximum absolute atomic E-state index is 12.2. The summed E-state index contributed by atoms with van der Waals surface area (Å²) in [7, 11) is 0. The van der Waals surface area contributed by atoms with Crippen LogP contribution < -0.4 is 0 Å². The van der Waals surface area contributed by atoms with Gasteiger partial charge in [-0.3, -0.25) is 4.79 Å². The number of carbonyl (C=O) groups excluding carboxylic acids is 1. The molecule has 1 aromatic rings. The highest BCUT2D eigenvalue weighted by molar-refractivity contribution is 6.16. The monoisotopic (exact) mass is 265 g/mol. The summed E-state index contributed by atoms with van der Waals surface area (Å²) in [6, 6.07) is 2.01. The molecule has 2 heterocycles. The lowest BCUT2D eigenvalue weighted by molar-refractivity contribution is -0.139. The van der Waals surface area contributed by atoms with Crippen LogP contribution in [0.5, 0.6) is 0 Å². The molecule has 0 spiro atoms. The number of alkyl halides is 1. The maximum atomic E-state index is 12.2. The molecule has 1 fully saturated rings. The molecule has 0 atom stereocenters. The minimum Gasteiger partial charge on any atom is -0.336 e. The lowest BCUT2D eigenvalue weighted by atomic mass is 9.84. The number of nitrogens with zero attached hydrogens (tertiary/aromatic N) is 3. The molecule has 0 saturated heterocycles. The average Bonchev–Trinajstić information content (AvgIpc) is 2.35. The fourth-order valence-corrected chi connectivity index (χ4v) is 2.66. The van der Waals surface area contributed by atoms with E-state index in [0.717, 1.165) is 37.2 Å². The van der Waals surface area contributed by atoms with E-state index in [9.17, 15) is 4.79 Å². The molecular weight excluding hydrogens is 250 g/mol. The van der Waals surface area contributed by atoms with Gasteiger partial charge in [-0.2, -0.15) is 10.2 Å². The summed E-state index contributed by atoms with van der Waals surface area (Å²) >= 11 is 5.75. The van der Waals surface area contributed by atoms with E-state index in [2.05, 4.69) is 10.2 Å². The first kappa shape index (κ1) is 11.9. The number of hydrogen-bond donors (Lipinski definition) is 0. The van der Waals surface area contributed by atoms with Gasteiger partial charge in [0.15, 0.2) is 0 Å². The molecule has 0 unspecified atom stereocenters. The summed E-state index contributed by atoms with van der Waals surface area (Å²) < 4.78 is 0. The maximum Gasteiger partial charge on any atom is 0.226 e. The molecule has 1 saturated carbocycles. The Labute approximate surface area is 111 Å². The Morgan fingerprint density at radius 1 is 1.44 bits per heavy atom. The molecule has 96 valence electrons. The Hall–Kier alpha value is -1.16. The van der Waals surface area contributed by atoms with E-state index in [1.54, 1.807) is 0 Å². The normalized spacial score (nSPS) is 19.3. The molecule has 1 amide bonds. The highest BCUT2D eigenvalue weighted by atomic mass is 35.5. The molecule has 18 heavy (non-hydrogen) atoms. The minimum absolute atomic E-state index is 0.265. The minimum atomic E-state index is 0.265. The van der Waals surface area contributed by atoms with Gasteiger partial charge in [0.25, 0.3) is 0 Å². The average molecular weight is 266 g/mol. The Balaban J connectivity index is 1.74. The van der Waals surface area contributed by atoms with Crippen LogP contribution in [0.25, 0.3) is 0 Å². The van der Waals surface area contributed by atoms with Crippen LogP contribution in [0.2, 0.25) is 0 Å². The number of amides is 1. The van der Waals surface area contributed by atoms with Gasteiger partial charge in [0.1, 0.15) is 0 Å². The van der Waals surface area contributed by atoms with E-state index in [1.165, 1.54) is 12.0 Å². The Morgan fingerprint density at radius 3 is 2.94 bits per heavy atom. The van der Waals surface area contributed by atoms with Crippen LogP contribution in [0, 0.1) is 5.92 Å². The van der Waals surface area contributed by atoms with Crippen molar-refractivity contribution in [3.05, 3.63) is 23.0 Å². The first-order valence-corrected chi connectivity index (χ1v) is 7.00. The van der Waals surface area contributed by atoms with E-state index in [-0.39, 0.29) is 5.92 Å². The quantitative estimate of drug-likeness (QED) is 0.768. The van der Waals surface area contributed by atoms with Crippen molar-refractivity contribution in [2.24, 2.45) is 5.92 Å². The molecule has 1 aliphatic heterocycles. The van der Waals surface area contributed by atoms with Crippen molar-refractivity contribution >= 4 is 17.5 Å². The predicted octanol–water partition coefficient (Wildman–Crippen LogP) is 1.90. The van der Waals surface area contributed by atoms with Crippen LogP contribution >= 0.6 is 11.6 Å². The van der Waals surface area contributed by atoms with Crippen molar-refractivity contribution < 1.29 is 4.79 Å². The van der Waals surface area contributed by atoms with Crippen molar-refractivity contribution in [3.63, 3.8) is 0 Å². The Morgan fingerprint density at radius 2 is 2.28 bits per heavy atom. The molecule has 1 aromatic heterocycles. The van der Waals surface area contributed by atoms with Crippen LogP contribution in [0.3, 0.4) is 0 Å². The predicted molar refractivity (Wildman–Crippen MR) is 68.1 cm³/mol. The van der Waals surface area contributed by atoms with Crippen molar-refractivity contribution in [1.82, 2.24) is 15.1 Å². The first-order valence-electron chi connectivity index (χ1n) is 6.47. The zero-order valence-corrected chi connectivity index (χ0v) is 11.0. The molecule has 0 aromatic carbocycles. The van der Waals surface area contributed by atoms with Crippen LogP contribution in [-0.2, 0) is 23.6 Å². The SMILES string of the molecule is O=C(C1CCC1)N1CCc2cc(CCl)nnc2C1. The molecule has 5 heteroatoms. The smallest absolute Gasteiger partial charge is 0.226 e. The van der Waals surface area contributed by atoms with Gasteiger partial charge in [0.2, 0.25) is 5.91 Å². The van der Waals surface area contributed by atoms with Crippen molar-refractivity contribution in [2.45, 2.75) is 38.1 Å². The first-order chi connectivity index (χ1) is 8.78. The van der Waals surface area contributed by atoms with Gasteiger partial charge in [-0.25, -0.2) is 0 Å². The zero-order valence-electron chi connectivity index (χ0n) is 10.2. The fraction of sp³-hybridized carbons (Fsp3) is 0.615. The Kier molecular flexibility index (Phi) is 3.20. The van der Waals surface area contributed by atoms with Crippen LogP contribution in [0.4, 0.5) is 0 Å². The zero-order chi connectivity index (χ0) is 12.5. The highest BCUT2D eigenvalue weighted by Gasteiger charge is 2.31. The number of halogens is 1. The second-order valence-corrected chi connectivity index (χ2v) is 5.35. The van der Waals surface area contributed by atoms with E-state index in [1.807, 2.05) is 11.0 Å². The lowest BCUT2D eigenvalue weighted by Crippen LogP contribution is -2.42. The summed E-state index contributed by atoms with van der Waals surface area (Å²) in [5.41, 5.74) is 2.94. The van der Waals surface area contributed by atoms with Gasteiger partial charge in [-0.15, -0.1) is 11.6 Å². The number of carbonyl (C=O) groups is 1. The molecule has 0 radical (unpaired) electrons. The van der Waals surface area contributed by atoms with Gasteiger partial charge >= 0.3 is 0 Å². The van der Waals surface area contributed by atoms with Gasteiger partial charge in [-0.1, -0.05) is 6.42 Å². The van der Waals surface area contributed by atoms with Crippen LogP contribution in [-0.4, -0.2) is 27.5 Å². The molecular formula is C13H16ClN3O. The van der Waals surface area contributed by atoms with Crippen LogP contribution in [0.1, 0.15) is 36.2 Å². The number of aromatic nitrogens is 2. The standard InChI is InChI=1S/C13H16ClN3O/c14-7-11-6-10-4-5-17(8-12(10)16-15-11)13(18)9-2-1-3-9/h6,9H,1-5,7-8H2. The summed E-state index contributed by atoms with van der Waals surface area (Å²) in [6.07, 6.45) is 4.17. The largest absolute Gasteiger partial charge is 0.336 e. The fourth-order valence-electron chi connectivity index (χ4n) is 2.53. The third-order valence-electron chi connectivity index (χ3n) is 3.91. The van der Waals surface area contributed by atoms with Crippen molar-refractivity contribution in [2.75, 3.05) is 6.54 Å². The summed E-state index contributed by atoms with van der Waals surface area (Å²) in [6.45, 7) is 1.41. The third kappa shape index (κ3) is 2.09. The topological polar surface area (TPSA) is 46.1 Å². The lowest BCUT2D eigenvalue weighted by Gasteiger charge is -2.34.